The Morgan fingerprint density at radius 2 is 2.27 bits per heavy atom. The van der Waals surface area contributed by atoms with Crippen molar-refractivity contribution in [2.45, 2.75) is 25.8 Å². The van der Waals surface area contributed by atoms with Gasteiger partial charge in [0.05, 0.1) is 24.2 Å². The number of imidazole rings is 1. The molecule has 3 aromatic heterocycles. The zero-order chi connectivity index (χ0) is 14.9. The molecule has 3 aromatic rings. The van der Waals surface area contributed by atoms with Crippen LogP contribution < -0.4 is 5.32 Å². The number of likely N-dealkylation sites (tertiary alicyclic amines) is 1. The van der Waals surface area contributed by atoms with E-state index in [-0.39, 0.29) is 6.04 Å². The van der Waals surface area contributed by atoms with E-state index in [9.17, 15) is 0 Å². The molecular formula is C15H19N5OS. The summed E-state index contributed by atoms with van der Waals surface area (Å²) in [6, 6.07) is 4.27. The lowest BCUT2D eigenvalue weighted by Gasteiger charge is -2.25. The van der Waals surface area contributed by atoms with Crippen molar-refractivity contribution in [3.05, 3.63) is 36.0 Å². The van der Waals surface area contributed by atoms with E-state index in [1.54, 1.807) is 17.6 Å². The van der Waals surface area contributed by atoms with Gasteiger partial charge in [-0.25, -0.2) is 9.50 Å². The highest BCUT2D eigenvalue weighted by atomic mass is 32.1. The lowest BCUT2D eigenvalue weighted by atomic mass is 10.2. The Labute approximate surface area is 132 Å². The van der Waals surface area contributed by atoms with Crippen LogP contribution in [0.5, 0.6) is 0 Å². The molecule has 1 unspecified atom stereocenters. The van der Waals surface area contributed by atoms with E-state index in [0.717, 1.165) is 41.2 Å². The molecule has 1 atom stereocenters. The van der Waals surface area contributed by atoms with Crippen LogP contribution in [0.1, 0.15) is 30.3 Å². The van der Waals surface area contributed by atoms with E-state index >= 15 is 0 Å². The standard InChI is InChI=1S/C15H19N5OS/c1-11-10-20-15(17-11)22-14(18-20)16-9-12(13-5-4-8-21-13)19-6-2-3-7-19/h4-5,8,10,12H,2-3,6-7,9H2,1H3,(H,16,18). The predicted molar refractivity (Wildman–Crippen MR) is 86.3 cm³/mol. The number of aryl methyl sites for hydroxylation is 1. The Kier molecular flexibility index (Phi) is 3.59. The first-order valence-electron chi connectivity index (χ1n) is 7.64. The van der Waals surface area contributed by atoms with Crippen LogP contribution in [-0.4, -0.2) is 39.1 Å². The first-order valence-corrected chi connectivity index (χ1v) is 8.45. The van der Waals surface area contributed by atoms with Gasteiger partial charge >= 0.3 is 0 Å². The molecule has 1 aliphatic heterocycles. The SMILES string of the molecule is Cc1cn2nc(NCC(c3ccco3)N3CCCC3)sc2n1. The summed E-state index contributed by atoms with van der Waals surface area (Å²) in [6.07, 6.45) is 6.23. The van der Waals surface area contributed by atoms with Gasteiger partial charge in [-0.3, -0.25) is 4.90 Å². The Bertz CT molecular complexity index is 710. The van der Waals surface area contributed by atoms with E-state index in [1.165, 1.54) is 12.8 Å². The van der Waals surface area contributed by atoms with Crippen LogP contribution >= 0.6 is 11.3 Å². The summed E-state index contributed by atoms with van der Waals surface area (Å²) in [5.74, 6) is 1.02. The molecule has 0 spiro atoms. The van der Waals surface area contributed by atoms with Crippen molar-refractivity contribution < 1.29 is 4.42 Å². The second-order valence-corrected chi connectivity index (χ2v) is 6.63. The Balaban J connectivity index is 1.49. The zero-order valence-corrected chi connectivity index (χ0v) is 13.3. The normalized spacial score (nSPS) is 17.3. The minimum atomic E-state index is 0.260. The molecule has 116 valence electrons. The minimum Gasteiger partial charge on any atom is -0.468 e. The Morgan fingerprint density at radius 3 is 3.00 bits per heavy atom. The largest absolute Gasteiger partial charge is 0.468 e. The average molecular weight is 317 g/mol. The average Bonchev–Trinajstić information content (AvgIpc) is 3.21. The van der Waals surface area contributed by atoms with Gasteiger partial charge in [0.2, 0.25) is 10.1 Å². The monoisotopic (exact) mass is 317 g/mol. The number of nitrogens with zero attached hydrogens (tertiary/aromatic N) is 4. The summed E-state index contributed by atoms with van der Waals surface area (Å²) < 4.78 is 7.47. The van der Waals surface area contributed by atoms with Crippen LogP contribution in [0.3, 0.4) is 0 Å². The number of hydrogen-bond donors (Lipinski definition) is 1. The van der Waals surface area contributed by atoms with Crippen molar-refractivity contribution in [3.8, 4) is 0 Å². The fourth-order valence-electron chi connectivity index (χ4n) is 3.01. The van der Waals surface area contributed by atoms with Crippen LogP contribution in [0.25, 0.3) is 4.96 Å². The molecule has 22 heavy (non-hydrogen) atoms. The zero-order valence-electron chi connectivity index (χ0n) is 12.5. The van der Waals surface area contributed by atoms with E-state index in [2.05, 4.69) is 26.4 Å². The van der Waals surface area contributed by atoms with Crippen molar-refractivity contribution >= 4 is 21.4 Å². The van der Waals surface area contributed by atoms with Crippen molar-refractivity contribution in [3.63, 3.8) is 0 Å². The number of aromatic nitrogens is 3. The Hall–Kier alpha value is -1.86. The molecule has 0 amide bonds. The summed E-state index contributed by atoms with van der Waals surface area (Å²) in [7, 11) is 0. The molecule has 1 saturated heterocycles. The number of rotatable bonds is 5. The quantitative estimate of drug-likeness (QED) is 0.784. The van der Waals surface area contributed by atoms with Gasteiger partial charge in [-0.1, -0.05) is 11.3 Å². The summed E-state index contributed by atoms with van der Waals surface area (Å²) >= 11 is 1.58. The summed E-state index contributed by atoms with van der Waals surface area (Å²) in [5, 5.41) is 8.88. The van der Waals surface area contributed by atoms with E-state index in [1.807, 2.05) is 23.7 Å². The third kappa shape index (κ3) is 2.62. The lowest BCUT2D eigenvalue weighted by molar-refractivity contribution is 0.225. The van der Waals surface area contributed by atoms with Crippen LogP contribution in [0.4, 0.5) is 5.13 Å². The Morgan fingerprint density at radius 1 is 1.41 bits per heavy atom. The second kappa shape index (κ2) is 5.73. The fourth-order valence-corrected chi connectivity index (χ4v) is 3.84. The van der Waals surface area contributed by atoms with E-state index in [0.29, 0.717) is 0 Å². The van der Waals surface area contributed by atoms with Gasteiger partial charge in [0, 0.05) is 6.54 Å². The molecule has 1 fully saturated rings. The maximum Gasteiger partial charge on any atom is 0.214 e. The number of fused-ring (bicyclic) bond motifs is 1. The molecule has 0 bridgehead atoms. The molecule has 1 aliphatic rings. The van der Waals surface area contributed by atoms with Crippen molar-refractivity contribution in [2.24, 2.45) is 0 Å². The van der Waals surface area contributed by atoms with Gasteiger partial charge < -0.3 is 9.73 Å². The molecular weight excluding hydrogens is 298 g/mol. The van der Waals surface area contributed by atoms with Crippen LogP contribution in [0, 0.1) is 6.92 Å². The molecule has 0 aliphatic carbocycles. The highest BCUT2D eigenvalue weighted by molar-refractivity contribution is 7.20. The van der Waals surface area contributed by atoms with Gasteiger partial charge in [-0.15, -0.1) is 5.10 Å². The van der Waals surface area contributed by atoms with Crippen LogP contribution in [-0.2, 0) is 0 Å². The fraction of sp³-hybridized carbons (Fsp3) is 0.467. The number of nitrogens with one attached hydrogen (secondary N) is 1. The smallest absolute Gasteiger partial charge is 0.214 e. The van der Waals surface area contributed by atoms with E-state index in [4.69, 9.17) is 4.42 Å². The molecule has 4 heterocycles. The first kappa shape index (κ1) is 13.8. The lowest BCUT2D eigenvalue weighted by Crippen LogP contribution is -2.30. The van der Waals surface area contributed by atoms with Crippen molar-refractivity contribution in [1.29, 1.82) is 0 Å². The highest BCUT2D eigenvalue weighted by Gasteiger charge is 2.25. The molecule has 4 rings (SSSR count). The maximum absolute atomic E-state index is 5.64. The minimum absolute atomic E-state index is 0.260. The number of furan rings is 1. The van der Waals surface area contributed by atoms with Gasteiger partial charge in [-0.2, -0.15) is 0 Å². The third-order valence-corrected chi connectivity index (χ3v) is 4.94. The predicted octanol–water partition coefficient (Wildman–Crippen LogP) is 2.94. The first-order chi connectivity index (χ1) is 10.8. The molecule has 0 radical (unpaired) electrons. The van der Waals surface area contributed by atoms with E-state index < -0.39 is 0 Å². The third-order valence-electron chi connectivity index (χ3n) is 4.06. The summed E-state index contributed by atoms with van der Waals surface area (Å²) in [6.45, 7) is 5.04. The summed E-state index contributed by atoms with van der Waals surface area (Å²) in [5.41, 5.74) is 0.996. The van der Waals surface area contributed by atoms with Crippen molar-refractivity contribution in [2.75, 3.05) is 25.0 Å². The topological polar surface area (TPSA) is 58.6 Å². The number of hydrogen-bond acceptors (Lipinski definition) is 6. The van der Waals surface area contributed by atoms with Gasteiger partial charge in [0.15, 0.2) is 0 Å². The highest BCUT2D eigenvalue weighted by Crippen LogP contribution is 2.27. The molecule has 0 saturated carbocycles. The molecule has 7 heteroatoms. The van der Waals surface area contributed by atoms with Crippen LogP contribution in [0.15, 0.2) is 29.0 Å². The molecule has 1 N–H and O–H groups in total. The van der Waals surface area contributed by atoms with Gasteiger partial charge in [0.1, 0.15) is 5.76 Å². The van der Waals surface area contributed by atoms with Crippen LogP contribution in [0.2, 0.25) is 0 Å². The maximum atomic E-state index is 5.64. The van der Waals surface area contributed by atoms with Crippen molar-refractivity contribution in [1.82, 2.24) is 19.5 Å². The van der Waals surface area contributed by atoms with Gasteiger partial charge in [0.25, 0.3) is 0 Å². The van der Waals surface area contributed by atoms with Gasteiger partial charge in [-0.05, 0) is 45.0 Å². The second-order valence-electron chi connectivity index (χ2n) is 5.67. The molecule has 0 aromatic carbocycles. The molecule has 6 nitrogen and oxygen atoms in total. The number of anilines is 1. The summed E-state index contributed by atoms with van der Waals surface area (Å²) in [4.78, 5) is 7.85.